The molecule has 1 rings (SSSR count). The summed E-state index contributed by atoms with van der Waals surface area (Å²) in [6.45, 7) is 1.23. The minimum atomic E-state index is -0.575. The number of rotatable bonds is 5. The molecule has 1 aromatic rings. The number of carbonyl (C=O) groups excluding carboxylic acids is 1. The first-order chi connectivity index (χ1) is 7.76. The summed E-state index contributed by atoms with van der Waals surface area (Å²) in [7, 11) is 2.90. The van der Waals surface area contributed by atoms with Gasteiger partial charge in [0.25, 0.3) is 0 Å². The first-order valence-electron chi connectivity index (χ1n) is 4.67. The van der Waals surface area contributed by atoms with E-state index in [0.29, 0.717) is 24.8 Å². The quantitative estimate of drug-likeness (QED) is 0.719. The Labute approximate surface area is 93.2 Å². The minimum absolute atomic E-state index is 0.337. The zero-order valence-corrected chi connectivity index (χ0v) is 9.19. The highest BCUT2D eigenvalue weighted by Gasteiger charge is 2.02. The molecule has 0 aromatic carbocycles. The molecule has 1 aromatic heterocycles. The number of nitrogens with one attached hydrogen (secondary N) is 2. The largest absolute Gasteiger partial charge is 0.453 e. The number of hydrogen-bond acceptors (Lipinski definition) is 6. The number of anilines is 2. The summed E-state index contributed by atoms with van der Waals surface area (Å²) in [5.41, 5.74) is 0. The van der Waals surface area contributed by atoms with Gasteiger partial charge in [-0.3, -0.25) is 5.32 Å². The highest BCUT2D eigenvalue weighted by Crippen LogP contribution is 2.05. The molecule has 0 spiro atoms. The third kappa shape index (κ3) is 4.09. The van der Waals surface area contributed by atoms with Gasteiger partial charge in [-0.25, -0.2) is 4.79 Å². The van der Waals surface area contributed by atoms with Crippen LogP contribution in [0.3, 0.4) is 0 Å². The number of nitrogens with zero attached hydrogens (tertiary/aromatic N) is 2. The van der Waals surface area contributed by atoms with Crippen LogP contribution in [0.25, 0.3) is 0 Å². The SMILES string of the molecule is COCCNc1ccc(NC(=O)OC)nn1. The van der Waals surface area contributed by atoms with Crippen molar-refractivity contribution in [3.63, 3.8) is 0 Å². The molecule has 0 bridgehead atoms. The van der Waals surface area contributed by atoms with Crippen molar-refractivity contribution in [3.05, 3.63) is 12.1 Å². The number of methoxy groups -OCH3 is 2. The molecule has 0 atom stereocenters. The molecular formula is C9H14N4O3. The number of hydrogen-bond donors (Lipinski definition) is 2. The Morgan fingerprint density at radius 1 is 1.31 bits per heavy atom. The molecule has 0 radical (unpaired) electrons. The summed E-state index contributed by atoms with van der Waals surface area (Å²) in [4.78, 5) is 10.8. The van der Waals surface area contributed by atoms with E-state index in [4.69, 9.17) is 4.74 Å². The van der Waals surface area contributed by atoms with Crippen LogP contribution in [0.1, 0.15) is 0 Å². The maximum absolute atomic E-state index is 10.8. The lowest BCUT2D eigenvalue weighted by Gasteiger charge is -2.05. The van der Waals surface area contributed by atoms with Gasteiger partial charge in [-0.2, -0.15) is 0 Å². The van der Waals surface area contributed by atoms with Crippen LogP contribution in [0.4, 0.5) is 16.4 Å². The first-order valence-corrected chi connectivity index (χ1v) is 4.67. The van der Waals surface area contributed by atoms with E-state index in [1.54, 1.807) is 19.2 Å². The Bertz CT molecular complexity index is 328. The lowest BCUT2D eigenvalue weighted by atomic mass is 10.5. The fraction of sp³-hybridized carbons (Fsp3) is 0.444. The molecule has 0 aliphatic carbocycles. The minimum Gasteiger partial charge on any atom is -0.453 e. The molecular weight excluding hydrogens is 212 g/mol. The summed E-state index contributed by atoms with van der Waals surface area (Å²) in [5.74, 6) is 0.955. The molecule has 16 heavy (non-hydrogen) atoms. The predicted octanol–water partition coefficient (Wildman–Crippen LogP) is 0.713. The van der Waals surface area contributed by atoms with Gasteiger partial charge in [-0.15, -0.1) is 10.2 Å². The van der Waals surface area contributed by atoms with E-state index in [1.807, 2.05) is 0 Å². The fourth-order valence-corrected chi connectivity index (χ4v) is 0.930. The molecule has 0 aliphatic heterocycles. The zero-order valence-electron chi connectivity index (χ0n) is 9.19. The average Bonchev–Trinajstić information content (AvgIpc) is 2.31. The Balaban J connectivity index is 2.44. The van der Waals surface area contributed by atoms with Crippen molar-refractivity contribution in [2.24, 2.45) is 0 Å². The van der Waals surface area contributed by atoms with Gasteiger partial charge >= 0.3 is 6.09 Å². The van der Waals surface area contributed by atoms with E-state index in [-0.39, 0.29) is 0 Å². The van der Waals surface area contributed by atoms with Gasteiger partial charge in [0.05, 0.1) is 13.7 Å². The van der Waals surface area contributed by atoms with Gasteiger partial charge in [0.15, 0.2) is 5.82 Å². The number of amides is 1. The summed E-state index contributed by atoms with van der Waals surface area (Å²) in [6, 6.07) is 3.33. The lowest BCUT2D eigenvalue weighted by Crippen LogP contribution is -2.13. The van der Waals surface area contributed by atoms with Crippen LogP contribution in [-0.2, 0) is 9.47 Å². The first kappa shape index (κ1) is 12.2. The summed E-state index contributed by atoms with van der Waals surface area (Å²) in [5, 5.41) is 13.0. The van der Waals surface area contributed by atoms with E-state index in [0.717, 1.165) is 0 Å². The molecule has 0 fully saturated rings. The smallest absolute Gasteiger partial charge is 0.412 e. The van der Waals surface area contributed by atoms with Gasteiger partial charge in [0, 0.05) is 13.7 Å². The molecule has 1 amide bonds. The van der Waals surface area contributed by atoms with Crippen LogP contribution in [-0.4, -0.2) is 43.7 Å². The Kier molecular flexibility index (Phi) is 5.00. The molecule has 88 valence electrons. The molecule has 0 aliphatic rings. The monoisotopic (exact) mass is 226 g/mol. The maximum Gasteiger partial charge on any atom is 0.412 e. The van der Waals surface area contributed by atoms with Crippen LogP contribution >= 0.6 is 0 Å². The second kappa shape index (κ2) is 6.57. The van der Waals surface area contributed by atoms with Gasteiger partial charge < -0.3 is 14.8 Å². The van der Waals surface area contributed by atoms with E-state index < -0.39 is 6.09 Å². The van der Waals surface area contributed by atoms with Crippen molar-refractivity contribution in [3.8, 4) is 0 Å². The zero-order chi connectivity index (χ0) is 11.8. The highest BCUT2D eigenvalue weighted by atomic mass is 16.5. The van der Waals surface area contributed by atoms with E-state index in [2.05, 4.69) is 25.6 Å². The van der Waals surface area contributed by atoms with E-state index in [9.17, 15) is 4.79 Å². The second-order valence-corrected chi connectivity index (χ2v) is 2.84. The third-order valence-electron chi connectivity index (χ3n) is 1.69. The van der Waals surface area contributed by atoms with Gasteiger partial charge in [0.2, 0.25) is 0 Å². The van der Waals surface area contributed by atoms with Gasteiger partial charge in [-0.1, -0.05) is 0 Å². The van der Waals surface area contributed by atoms with Gasteiger partial charge in [0.1, 0.15) is 5.82 Å². The molecule has 0 saturated heterocycles. The van der Waals surface area contributed by atoms with E-state index in [1.165, 1.54) is 7.11 Å². The Morgan fingerprint density at radius 2 is 2.00 bits per heavy atom. The lowest BCUT2D eigenvalue weighted by molar-refractivity contribution is 0.187. The van der Waals surface area contributed by atoms with Crippen LogP contribution < -0.4 is 10.6 Å². The molecule has 0 unspecified atom stereocenters. The Morgan fingerprint density at radius 3 is 2.56 bits per heavy atom. The normalized spacial score (nSPS) is 9.62. The van der Waals surface area contributed by atoms with Crippen LogP contribution in [0.15, 0.2) is 12.1 Å². The standard InChI is InChI=1S/C9H14N4O3/c1-15-6-5-10-7-3-4-8(13-12-7)11-9(14)16-2/h3-4H,5-6H2,1-2H3,(H,10,12)(H,11,13,14). The molecule has 1 heterocycles. The predicted molar refractivity (Wildman–Crippen MR) is 58.4 cm³/mol. The topological polar surface area (TPSA) is 85.4 Å². The van der Waals surface area contributed by atoms with Crippen LogP contribution in [0.2, 0.25) is 0 Å². The molecule has 2 N–H and O–H groups in total. The van der Waals surface area contributed by atoms with Crippen molar-refractivity contribution < 1.29 is 14.3 Å². The molecule has 7 heteroatoms. The fourth-order valence-electron chi connectivity index (χ4n) is 0.930. The van der Waals surface area contributed by atoms with E-state index >= 15 is 0 Å². The van der Waals surface area contributed by atoms with Crippen molar-refractivity contribution in [2.45, 2.75) is 0 Å². The molecule has 7 nitrogen and oxygen atoms in total. The third-order valence-corrected chi connectivity index (χ3v) is 1.69. The highest BCUT2D eigenvalue weighted by molar-refractivity contribution is 5.83. The molecule has 0 saturated carbocycles. The van der Waals surface area contributed by atoms with Crippen molar-refractivity contribution in [1.29, 1.82) is 0 Å². The Hall–Kier alpha value is -1.89. The van der Waals surface area contributed by atoms with Crippen molar-refractivity contribution in [1.82, 2.24) is 10.2 Å². The number of aromatic nitrogens is 2. The second-order valence-electron chi connectivity index (χ2n) is 2.84. The van der Waals surface area contributed by atoms with Gasteiger partial charge in [-0.05, 0) is 12.1 Å². The summed E-state index contributed by atoms with van der Waals surface area (Å²) < 4.78 is 9.28. The summed E-state index contributed by atoms with van der Waals surface area (Å²) >= 11 is 0. The van der Waals surface area contributed by atoms with Crippen LogP contribution in [0.5, 0.6) is 0 Å². The van der Waals surface area contributed by atoms with Crippen LogP contribution in [0, 0.1) is 0 Å². The number of carbonyl (C=O) groups is 1. The number of ether oxygens (including phenoxy) is 2. The summed E-state index contributed by atoms with van der Waals surface area (Å²) in [6.07, 6.45) is -0.575. The van der Waals surface area contributed by atoms with Crippen molar-refractivity contribution >= 4 is 17.7 Å². The average molecular weight is 226 g/mol. The van der Waals surface area contributed by atoms with Crippen molar-refractivity contribution in [2.75, 3.05) is 38.0 Å². The maximum atomic E-state index is 10.8.